The van der Waals surface area contributed by atoms with Crippen molar-refractivity contribution in [2.45, 2.75) is 65.0 Å². The molecule has 2 aromatic carbocycles. The Morgan fingerprint density at radius 3 is 2.39 bits per heavy atom. The molecular weight excluding hydrogens is 480 g/mol. The van der Waals surface area contributed by atoms with Crippen molar-refractivity contribution >= 4 is 29.2 Å². The minimum Gasteiger partial charge on any atom is -0.360 e. The molecule has 0 spiro atoms. The first-order valence-electron chi connectivity index (χ1n) is 13.1. The van der Waals surface area contributed by atoms with Crippen molar-refractivity contribution < 1.29 is 18.9 Å². The SMILES string of the molecule is CCc1ccc([C@@H](C(=O)NC2CCCC2)N(C(=O)/C=C/C(=O)Nc2cc(C)on2)c2ccccc2C)cc1. The molecule has 1 fully saturated rings. The third kappa shape index (κ3) is 6.56. The zero-order valence-corrected chi connectivity index (χ0v) is 22.1. The molecule has 0 radical (unpaired) electrons. The summed E-state index contributed by atoms with van der Waals surface area (Å²) in [6.45, 7) is 5.68. The number of benzene rings is 2. The summed E-state index contributed by atoms with van der Waals surface area (Å²) in [5.41, 5.74) is 3.27. The van der Waals surface area contributed by atoms with Crippen LogP contribution in [0.4, 0.5) is 11.5 Å². The van der Waals surface area contributed by atoms with E-state index < -0.39 is 17.9 Å². The maximum absolute atomic E-state index is 13.8. The van der Waals surface area contributed by atoms with Gasteiger partial charge in [-0.2, -0.15) is 0 Å². The maximum Gasteiger partial charge on any atom is 0.252 e. The average Bonchev–Trinajstić information content (AvgIpc) is 3.58. The van der Waals surface area contributed by atoms with Gasteiger partial charge in [0.15, 0.2) is 5.82 Å². The Kier molecular flexibility index (Phi) is 8.73. The van der Waals surface area contributed by atoms with Crippen molar-refractivity contribution in [3.63, 3.8) is 0 Å². The van der Waals surface area contributed by atoms with Crippen LogP contribution >= 0.6 is 0 Å². The van der Waals surface area contributed by atoms with Crippen molar-refractivity contribution in [2.24, 2.45) is 0 Å². The molecule has 0 saturated heterocycles. The molecule has 3 amide bonds. The Hall–Kier alpha value is -4.20. The normalized spacial score (nSPS) is 14.4. The molecule has 3 aromatic rings. The number of aromatic nitrogens is 1. The van der Waals surface area contributed by atoms with Crippen molar-refractivity contribution in [3.05, 3.63) is 89.2 Å². The minimum atomic E-state index is -0.916. The van der Waals surface area contributed by atoms with Crippen LogP contribution in [0, 0.1) is 13.8 Å². The predicted molar refractivity (Wildman–Crippen MR) is 147 cm³/mol. The fourth-order valence-electron chi connectivity index (χ4n) is 4.74. The molecule has 1 saturated carbocycles. The van der Waals surface area contributed by atoms with Gasteiger partial charge in [0.1, 0.15) is 11.8 Å². The van der Waals surface area contributed by atoms with E-state index >= 15 is 0 Å². The van der Waals surface area contributed by atoms with Crippen molar-refractivity contribution in [1.29, 1.82) is 0 Å². The number of rotatable bonds is 9. The minimum absolute atomic E-state index is 0.0842. The highest BCUT2D eigenvalue weighted by Gasteiger charge is 2.34. The highest BCUT2D eigenvalue weighted by molar-refractivity contribution is 6.10. The van der Waals surface area contributed by atoms with Gasteiger partial charge in [-0.1, -0.05) is 67.4 Å². The van der Waals surface area contributed by atoms with E-state index in [9.17, 15) is 14.4 Å². The van der Waals surface area contributed by atoms with Gasteiger partial charge in [0.05, 0.1) is 0 Å². The summed E-state index contributed by atoms with van der Waals surface area (Å²) in [5, 5.41) is 9.49. The number of amides is 3. The lowest BCUT2D eigenvalue weighted by molar-refractivity contribution is -0.125. The van der Waals surface area contributed by atoms with Crippen LogP contribution in [-0.4, -0.2) is 28.9 Å². The fourth-order valence-corrected chi connectivity index (χ4v) is 4.74. The number of nitrogens with zero attached hydrogens (tertiary/aromatic N) is 2. The van der Waals surface area contributed by atoms with Crippen LogP contribution in [0.1, 0.15) is 61.1 Å². The zero-order valence-electron chi connectivity index (χ0n) is 22.1. The third-order valence-electron chi connectivity index (χ3n) is 6.78. The quantitative estimate of drug-likeness (QED) is 0.383. The van der Waals surface area contributed by atoms with Crippen LogP contribution in [0.25, 0.3) is 0 Å². The van der Waals surface area contributed by atoms with E-state index in [1.54, 1.807) is 13.0 Å². The standard InChI is InChI=1S/C30H34N4O4/c1-4-22-13-15-23(16-14-22)29(30(37)31-24-10-6-7-11-24)34(25-12-8-5-9-20(25)2)28(36)18-17-27(35)32-26-19-21(3)38-33-26/h5,8-9,12-19,24,29H,4,6-7,10-11H2,1-3H3,(H,31,37)(H,32,33,35)/b18-17+/t29-/m0/s1. The Morgan fingerprint density at radius 2 is 1.76 bits per heavy atom. The summed E-state index contributed by atoms with van der Waals surface area (Å²) in [4.78, 5) is 41.6. The molecule has 1 aromatic heterocycles. The van der Waals surface area contributed by atoms with Crippen LogP contribution in [0.5, 0.6) is 0 Å². The first kappa shape index (κ1) is 26.9. The lowest BCUT2D eigenvalue weighted by Crippen LogP contribution is -2.46. The topological polar surface area (TPSA) is 105 Å². The van der Waals surface area contributed by atoms with Gasteiger partial charge >= 0.3 is 0 Å². The van der Waals surface area contributed by atoms with Gasteiger partial charge in [-0.3, -0.25) is 19.3 Å². The van der Waals surface area contributed by atoms with E-state index in [2.05, 4.69) is 22.7 Å². The first-order valence-corrected chi connectivity index (χ1v) is 13.1. The largest absolute Gasteiger partial charge is 0.360 e. The van der Waals surface area contributed by atoms with Crippen molar-refractivity contribution in [3.8, 4) is 0 Å². The second kappa shape index (κ2) is 12.4. The second-order valence-corrected chi connectivity index (χ2v) is 9.63. The molecule has 0 bridgehead atoms. The molecule has 8 nitrogen and oxygen atoms in total. The molecule has 2 N–H and O–H groups in total. The number of carbonyl (C=O) groups is 3. The van der Waals surface area contributed by atoms with Crippen LogP contribution in [0.15, 0.2) is 71.3 Å². The number of hydrogen-bond donors (Lipinski definition) is 2. The molecule has 198 valence electrons. The van der Waals surface area contributed by atoms with E-state index in [0.717, 1.165) is 49.3 Å². The maximum atomic E-state index is 13.8. The Labute approximate surface area is 223 Å². The Balaban J connectivity index is 1.70. The lowest BCUT2D eigenvalue weighted by Gasteiger charge is -2.32. The van der Waals surface area contributed by atoms with E-state index in [1.165, 1.54) is 11.0 Å². The summed E-state index contributed by atoms with van der Waals surface area (Å²) >= 11 is 0. The third-order valence-corrected chi connectivity index (χ3v) is 6.78. The molecule has 1 atom stereocenters. The highest BCUT2D eigenvalue weighted by atomic mass is 16.5. The molecule has 1 aliphatic carbocycles. The Bertz CT molecular complexity index is 1310. The van der Waals surface area contributed by atoms with Gasteiger partial charge in [0, 0.05) is 29.9 Å². The highest BCUT2D eigenvalue weighted by Crippen LogP contribution is 2.32. The van der Waals surface area contributed by atoms with Crippen LogP contribution < -0.4 is 15.5 Å². The molecule has 0 aliphatic heterocycles. The summed E-state index contributed by atoms with van der Waals surface area (Å²) in [7, 11) is 0. The van der Waals surface area contributed by atoms with Gasteiger partial charge in [-0.05, 0) is 55.9 Å². The second-order valence-electron chi connectivity index (χ2n) is 9.63. The number of hydrogen-bond acceptors (Lipinski definition) is 5. The molecule has 8 heteroatoms. The van der Waals surface area contributed by atoms with E-state index in [0.29, 0.717) is 17.0 Å². The molecule has 1 heterocycles. The summed E-state index contributed by atoms with van der Waals surface area (Å²) in [5.74, 6) is -0.456. The zero-order chi connectivity index (χ0) is 27.1. The smallest absolute Gasteiger partial charge is 0.252 e. The molecular formula is C30H34N4O4. The first-order chi connectivity index (χ1) is 18.4. The molecule has 0 unspecified atom stereocenters. The number of nitrogens with one attached hydrogen (secondary N) is 2. The number of anilines is 2. The van der Waals surface area contributed by atoms with Gasteiger partial charge < -0.3 is 15.2 Å². The van der Waals surface area contributed by atoms with Crippen LogP contribution in [0.2, 0.25) is 0 Å². The molecule has 4 rings (SSSR count). The van der Waals surface area contributed by atoms with E-state index in [-0.39, 0.29) is 17.8 Å². The molecule has 38 heavy (non-hydrogen) atoms. The fraction of sp³-hybridized carbons (Fsp3) is 0.333. The predicted octanol–water partition coefficient (Wildman–Crippen LogP) is 5.18. The van der Waals surface area contributed by atoms with Gasteiger partial charge in [-0.25, -0.2) is 0 Å². The average molecular weight is 515 g/mol. The van der Waals surface area contributed by atoms with E-state index in [4.69, 9.17) is 4.52 Å². The van der Waals surface area contributed by atoms with Crippen molar-refractivity contribution in [2.75, 3.05) is 10.2 Å². The summed E-state index contributed by atoms with van der Waals surface area (Å²) in [6, 6.07) is 15.9. The van der Waals surface area contributed by atoms with Crippen LogP contribution in [-0.2, 0) is 20.8 Å². The Morgan fingerprint density at radius 1 is 1.05 bits per heavy atom. The molecule has 1 aliphatic rings. The van der Waals surface area contributed by atoms with Gasteiger partial charge in [-0.15, -0.1) is 0 Å². The van der Waals surface area contributed by atoms with Crippen LogP contribution in [0.3, 0.4) is 0 Å². The van der Waals surface area contributed by atoms with Crippen molar-refractivity contribution in [1.82, 2.24) is 10.5 Å². The van der Waals surface area contributed by atoms with E-state index in [1.807, 2.05) is 55.5 Å². The summed E-state index contributed by atoms with van der Waals surface area (Å²) < 4.78 is 4.97. The number of aryl methyl sites for hydroxylation is 3. The lowest BCUT2D eigenvalue weighted by atomic mass is 9.99. The monoisotopic (exact) mass is 514 g/mol. The number of carbonyl (C=O) groups excluding carboxylic acids is 3. The van der Waals surface area contributed by atoms with Gasteiger partial charge in [0.2, 0.25) is 11.8 Å². The van der Waals surface area contributed by atoms with Gasteiger partial charge in [0.25, 0.3) is 5.91 Å². The summed E-state index contributed by atoms with van der Waals surface area (Å²) in [6.07, 6.45) is 7.19. The number of para-hydroxylation sites is 1.